The third-order valence-corrected chi connectivity index (χ3v) is 3.52. The molecule has 2 heterocycles. The maximum absolute atomic E-state index is 14.3. The van der Waals surface area contributed by atoms with E-state index in [1.807, 2.05) is 4.98 Å². The van der Waals surface area contributed by atoms with Gasteiger partial charge in [0.1, 0.15) is 12.2 Å². The van der Waals surface area contributed by atoms with Crippen molar-refractivity contribution >= 4 is 8.25 Å². The molecular weight excluding hydrogens is 310 g/mol. The van der Waals surface area contributed by atoms with E-state index in [0.29, 0.717) is 0 Å². The fourth-order valence-corrected chi connectivity index (χ4v) is 2.64. The van der Waals surface area contributed by atoms with Crippen LogP contribution in [-0.2, 0) is 13.8 Å². The highest BCUT2D eigenvalue weighted by atomic mass is 31.1. The lowest BCUT2D eigenvalue weighted by molar-refractivity contribution is -0.0756. The Hall–Kier alpha value is -1.32. The maximum atomic E-state index is 14.3. The Morgan fingerprint density at radius 1 is 1.57 bits per heavy atom. The van der Waals surface area contributed by atoms with Gasteiger partial charge in [-0.25, -0.2) is 9.18 Å². The number of aromatic amines is 1. The Morgan fingerprint density at radius 2 is 2.24 bits per heavy atom. The van der Waals surface area contributed by atoms with Crippen LogP contribution < -0.4 is 11.2 Å². The topological polar surface area (TPSA) is 131 Å². The van der Waals surface area contributed by atoms with Gasteiger partial charge in [-0.2, -0.15) is 0 Å². The zero-order valence-corrected chi connectivity index (χ0v) is 11.8. The molecule has 1 aliphatic rings. The summed E-state index contributed by atoms with van der Waals surface area (Å²) in [5, 5.41) is 9.54. The fraction of sp³-hybridized carbons (Fsp3) is 0.600. The van der Waals surface area contributed by atoms with Gasteiger partial charge in [0.15, 0.2) is 12.4 Å². The van der Waals surface area contributed by atoms with E-state index in [0.717, 1.165) is 16.8 Å². The van der Waals surface area contributed by atoms with E-state index in [9.17, 15) is 23.7 Å². The maximum Gasteiger partial charge on any atom is 0.330 e. The number of ether oxygens (including phenoxy) is 1. The fourth-order valence-electron chi connectivity index (χ4n) is 2.14. The number of rotatable bonds is 4. The van der Waals surface area contributed by atoms with Crippen LogP contribution in [0.3, 0.4) is 0 Å². The van der Waals surface area contributed by atoms with Crippen LogP contribution >= 0.6 is 8.25 Å². The Morgan fingerprint density at radius 3 is 2.76 bits per heavy atom. The number of nitrogens with zero attached hydrogens (tertiary/aromatic N) is 1. The van der Waals surface area contributed by atoms with Crippen LogP contribution in [0.15, 0.2) is 21.9 Å². The summed E-state index contributed by atoms with van der Waals surface area (Å²) in [5.41, 5.74) is -1.57. The summed E-state index contributed by atoms with van der Waals surface area (Å²) in [5.74, 6) is 0. The standard InChI is InChI=1S/C10H14FN2O7P/c1-4(14)7-8(20-21(17)18)6(11)9(19-7)13-3-2-5(15)12-10(13)16/h2-4,6-9,14,21H,1H3,(H,17,18)(H,12,15,16)/t4-,6?,7-,8?,9-/m1/s1. The van der Waals surface area contributed by atoms with Gasteiger partial charge in [0.05, 0.1) is 6.10 Å². The van der Waals surface area contributed by atoms with Crippen molar-refractivity contribution in [1.29, 1.82) is 0 Å². The summed E-state index contributed by atoms with van der Waals surface area (Å²) < 4.78 is 35.7. The number of nitrogens with one attached hydrogen (secondary N) is 1. The molecule has 6 atom stereocenters. The highest BCUT2D eigenvalue weighted by Gasteiger charge is 2.49. The Labute approximate surface area is 117 Å². The Balaban J connectivity index is 2.35. The highest BCUT2D eigenvalue weighted by molar-refractivity contribution is 7.32. The van der Waals surface area contributed by atoms with E-state index in [1.54, 1.807) is 0 Å². The molecule has 0 radical (unpaired) electrons. The summed E-state index contributed by atoms with van der Waals surface area (Å²) in [6.07, 6.45) is -6.37. The van der Waals surface area contributed by atoms with E-state index in [1.165, 1.54) is 6.92 Å². The summed E-state index contributed by atoms with van der Waals surface area (Å²) >= 11 is 0. The first-order chi connectivity index (χ1) is 9.81. The van der Waals surface area contributed by atoms with Crippen molar-refractivity contribution in [1.82, 2.24) is 9.55 Å². The van der Waals surface area contributed by atoms with E-state index < -0.39 is 50.2 Å². The quantitative estimate of drug-likeness (QED) is 0.600. The predicted octanol–water partition coefficient (Wildman–Crippen LogP) is -1.08. The average Bonchev–Trinajstić information content (AvgIpc) is 2.67. The number of aliphatic hydroxyl groups excluding tert-OH is 1. The highest BCUT2D eigenvalue weighted by Crippen LogP contribution is 2.38. The molecule has 1 fully saturated rings. The molecule has 11 heteroatoms. The van der Waals surface area contributed by atoms with Gasteiger partial charge in [-0.1, -0.05) is 0 Å². The molecule has 0 amide bonds. The first-order valence-corrected chi connectivity index (χ1v) is 7.26. The van der Waals surface area contributed by atoms with Gasteiger partial charge in [0.25, 0.3) is 5.56 Å². The molecule has 1 aromatic rings. The van der Waals surface area contributed by atoms with Gasteiger partial charge >= 0.3 is 13.9 Å². The molecule has 0 aromatic carbocycles. The molecule has 1 aromatic heterocycles. The van der Waals surface area contributed by atoms with Crippen LogP contribution in [0.25, 0.3) is 0 Å². The first-order valence-electron chi connectivity index (χ1n) is 6.00. The van der Waals surface area contributed by atoms with Crippen LogP contribution in [0.5, 0.6) is 0 Å². The predicted molar refractivity (Wildman–Crippen MR) is 67.9 cm³/mol. The van der Waals surface area contributed by atoms with Crippen LogP contribution in [0.1, 0.15) is 13.2 Å². The number of hydrogen-bond acceptors (Lipinski definition) is 6. The summed E-state index contributed by atoms with van der Waals surface area (Å²) in [6.45, 7) is 1.29. The second kappa shape index (κ2) is 6.20. The molecule has 0 spiro atoms. The summed E-state index contributed by atoms with van der Waals surface area (Å²) in [6, 6.07) is 0.998. The Kier molecular flexibility index (Phi) is 4.74. The van der Waals surface area contributed by atoms with Gasteiger partial charge in [-0.05, 0) is 6.92 Å². The lowest BCUT2D eigenvalue weighted by Crippen LogP contribution is -2.37. The molecule has 9 nitrogen and oxygen atoms in total. The minimum atomic E-state index is -3.46. The molecule has 2 rings (SSSR count). The molecule has 1 aliphatic heterocycles. The SMILES string of the molecule is C[C@@H](O)[C@H]1O[C@@H](n2ccc(=O)[nH]c2=O)C(F)C1O[PH](=O)O. The minimum Gasteiger partial charge on any atom is -0.391 e. The van der Waals surface area contributed by atoms with Crippen molar-refractivity contribution in [2.75, 3.05) is 0 Å². The Bertz CT molecular complexity index is 645. The third-order valence-electron chi connectivity index (χ3n) is 3.04. The zero-order chi connectivity index (χ0) is 15.7. The normalized spacial score (nSPS) is 32.0. The van der Waals surface area contributed by atoms with Gasteiger partial charge in [0, 0.05) is 12.3 Å². The molecule has 0 aliphatic carbocycles. The van der Waals surface area contributed by atoms with Gasteiger partial charge in [0.2, 0.25) is 0 Å². The molecule has 1 saturated heterocycles. The third kappa shape index (κ3) is 3.30. The van der Waals surface area contributed by atoms with Crippen molar-refractivity contribution in [3.05, 3.63) is 33.1 Å². The molecule has 0 bridgehead atoms. The molecule has 21 heavy (non-hydrogen) atoms. The minimum absolute atomic E-state index is 0.662. The van der Waals surface area contributed by atoms with Crippen molar-refractivity contribution < 1.29 is 28.2 Å². The average molecular weight is 324 g/mol. The lowest BCUT2D eigenvalue weighted by atomic mass is 10.1. The van der Waals surface area contributed by atoms with Crippen LogP contribution in [0.2, 0.25) is 0 Å². The smallest absolute Gasteiger partial charge is 0.330 e. The zero-order valence-electron chi connectivity index (χ0n) is 10.8. The van der Waals surface area contributed by atoms with E-state index in [2.05, 4.69) is 4.52 Å². The second-order valence-corrected chi connectivity index (χ2v) is 5.31. The van der Waals surface area contributed by atoms with Gasteiger partial charge in [-0.3, -0.25) is 18.9 Å². The van der Waals surface area contributed by atoms with E-state index in [4.69, 9.17) is 9.63 Å². The summed E-state index contributed by atoms with van der Waals surface area (Å²) in [7, 11) is -3.46. The van der Waals surface area contributed by atoms with Crippen molar-refractivity contribution in [3.63, 3.8) is 0 Å². The van der Waals surface area contributed by atoms with E-state index >= 15 is 0 Å². The number of halogens is 1. The van der Waals surface area contributed by atoms with Gasteiger partial charge < -0.3 is 19.3 Å². The van der Waals surface area contributed by atoms with Crippen molar-refractivity contribution in [2.45, 2.75) is 37.6 Å². The summed E-state index contributed by atoms with van der Waals surface area (Å²) in [4.78, 5) is 33.3. The molecule has 0 saturated carbocycles. The molecular formula is C10H14FN2O7P. The van der Waals surface area contributed by atoms with Crippen LogP contribution in [0, 0.1) is 0 Å². The van der Waals surface area contributed by atoms with E-state index in [-0.39, 0.29) is 0 Å². The molecule has 118 valence electrons. The number of alkyl halides is 1. The number of hydrogen-bond donors (Lipinski definition) is 3. The number of aromatic nitrogens is 2. The number of H-pyrrole nitrogens is 1. The monoisotopic (exact) mass is 324 g/mol. The molecule has 3 unspecified atom stereocenters. The van der Waals surface area contributed by atoms with Gasteiger partial charge in [-0.15, -0.1) is 0 Å². The molecule has 3 N–H and O–H groups in total. The van der Waals surface area contributed by atoms with Crippen molar-refractivity contribution in [2.24, 2.45) is 0 Å². The van der Waals surface area contributed by atoms with Crippen LogP contribution in [0.4, 0.5) is 4.39 Å². The van der Waals surface area contributed by atoms with Crippen LogP contribution in [-0.4, -0.2) is 44.0 Å². The van der Waals surface area contributed by atoms with Crippen molar-refractivity contribution in [3.8, 4) is 0 Å². The first kappa shape index (κ1) is 16.1. The number of aliphatic hydroxyl groups is 1. The lowest BCUT2D eigenvalue weighted by Gasteiger charge is -2.19. The second-order valence-electron chi connectivity index (χ2n) is 4.54. The largest absolute Gasteiger partial charge is 0.391 e.